The molecule has 0 unspecified atom stereocenters. The van der Waals surface area contributed by atoms with Crippen molar-refractivity contribution >= 4 is 94.0 Å². The Labute approximate surface area is 578 Å². The summed E-state index contributed by atoms with van der Waals surface area (Å²) in [5.41, 5.74) is 8.50. The number of benzene rings is 4. The van der Waals surface area contributed by atoms with Crippen molar-refractivity contribution in [3.8, 4) is 5.75 Å². The summed E-state index contributed by atoms with van der Waals surface area (Å²) in [6, 6.07) is 12.0. The SMILES string of the molecule is C/C=C/C=C/c1ccccc1/C=C/C(=O)N[C@@H]1C(=O)N[C@@H](CO)C(=O)N[C@@H](Cc2c[nH]c3ccccc23)C(=O)N[C@H](CC(N)=O)C(=O)N[C@@H]([C@@H](O)c2ccccc2)C(=O)N2CCC[C@H]2C(=O)N[C@H](C(C)C)C(=O)NCC(=O)N[C@H](CC(C)C)C(=O)N[C@H](Cc2ccc(O)cc2)C(=O)O[C@@H]1C. The number of phenols is 1. The molecule has 11 amide bonds. The molecule has 7 rings (SSSR count). The van der Waals surface area contributed by atoms with E-state index in [0.717, 1.165) is 11.0 Å². The lowest BCUT2D eigenvalue weighted by molar-refractivity contribution is -0.156. The molecular formula is C72H88N12O16. The molecule has 2 saturated heterocycles. The molecule has 0 aliphatic carbocycles. The van der Waals surface area contributed by atoms with Crippen LogP contribution in [0.15, 0.2) is 134 Å². The van der Waals surface area contributed by atoms with Crippen LogP contribution in [0.4, 0.5) is 0 Å². The van der Waals surface area contributed by atoms with E-state index in [1.807, 2.05) is 13.0 Å². The number of aliphatic hydroxyl groups excluding tert-OH is 2. The fourth-order valence-corrected chi connectivity index (χ4v) is 11.5. The van der Waals surface area contributed by atoms with E-state index in [1.165, 1.54) is 49.4 Å². The fourth-order valence-electron chi connectivity index (χ4n) is 11.5. The van der Waals surface area contributed by atoms with Gasteiger partial charge in [-0.3, -0.25) is 52.7 Å². The van der Waals surface area contributed by atoms with Gasteiger partial charge in [-0.2, -0.15) is 0 Å². The molecule has 0 radical (unpaired) electrons. The number of aromatic amines is 1. The number of hydrogen-bond donors (Lipinski definition) is 14. The van der Waals surface area contributed by atoms with Crippen molar-refractivity contribution in [2.24, 2.45) is 17.6 Å². The molecule has 2 fully saturated rings. The highest BCUT2D eigenvalue weighted by Gasteiger charge is 2.44. The highest BCUT2D eigenvalue weighted by atomic mass is 16.5. The predicted molar refractivity (Wildman–Crippen MR) is 368 cm³/mol. The number of para-hydroxylation sites is 1. The number of carbonyl (C=O) groups excluding carboxylic acids is 12. The topological polar surface area (TPSA) is 428 Å². The third kappa shape index (κ3) is 21.5. The Morgan fingerprint density at radius 1 is 0.670 bits per heavy atom. The largest absolute Gasteiger partial charge is 0.508 e. The number of H-pyrrole nitrogens is 1. The highest BCUT2D eigenvalue weighted by Crippen LogP contribution is 2.26. The lowest BCUT2D eigenvalue weighted by Crippen LogP contribution is -2.62. The van der Waals surface area contributed by atoms with Gasteiger partial charge in [0.1, 0.15) is 72.3 Å². The lowest BCUT2D eigenvalue weighted by atomic mass is 9.99. The first-order valence-corrected chi connectivity index (χ1v) is 33.0. The molecule has 4 aromatic carbocycles. The van der Waals surface area contributed by atoms with Crippen molar-refractivity contribution in [2.45, 2.75) is 147 Å². The van der Waals surface area contributed by atoms with Gasteiger partial charge in [-0.1, -0.05) is 137 Å². The Kier molecular flexibility index (Phi) is 27.9. The second kappa shape index (κ2) is 36.5. The van der Waals surface area contributed by atoms with Crippen molar-refractivity contribution in [1.29, 1.82) is 0 Å². The molecule has 28 heteroatoms. The van der Waals surface area contributed by atoms with E-state index < -0.39 is 163 Å². The zero-order chi connectivity index (χ0) is 72.7. The van der Waals surface area contributed by atoms with Gasteiger partial charge < -0.3 is 83.5 Å². The monoisotopic (exact) mass is 1380 g/mol. The minimum atomic E-state index is -1.98. The number of phenolic OH excluding ortho intramolecular Hbond substituents is 1. The van der Waals surface area contributed by atoms with Crippen LogP contribution >= 0.6 is 0 Å². The smallest absolute Gasteiger partial charge is 0.329 e. The normalized spacial score (nSPS) is 23.7. The maximum Gasteiger partial charge on any atom is 0.329 e. The Balaban J connectivity index is 1.31. The number of esters is 1. The van der Waals surface area contributed by atoms with Crippen LogP contribution in [0.25, 0.3) is 23.1 Å². The molecule has 1 aromatic heterocycles. The molecule has 3 heterocycles. The van der Waals surface area contributed by atoms with Gasteiger partial charge in [-0.15, -0.1) is 0 Å². The lowest BCUT2D eigenvalue weighted by Gasteiger charge is -2.33. The van der Waals surface area contributed by atoms with Gasteiger partial charge in [0.15, 0.2) is 0 Å². The minimum Gasteiger partial charge on any atom is -0.508 e. The van der Waals surface area contributed by atoms with Crippen molar-refractivity contribution in [3.05, 3.63) is 161 Å². The van der Waals surface area contributed by atoms with Gasteiger partial charge in [0.2, 0.25) is 65.0 Å². The van der Waals surface area contributed by atoms with Crippen LogP contribution in [-0.4, -0.2) is 176 Å². The standard InChI is InChI=1S/C72H88N12O16/c1-7-8-10-18-44-19-13-14-20-45(44)28-31-58(88)81-61-42(6)100-72(99)54(34-43-26-29-48(86)30-27-43)79-64(91)51(33-40(2)3)76-59(89)38-75-69(96)60(41(4)5)82-68(95)56-25-17-32-84(56)71(98)62(63(90)46-21-11-9-12-22-46)83-66(93)53(36-57(73)87)78-65(92)52(77-67(94)55(39-85)80-70(61)97)35-47-37-74-50-24-16-15-23-49(47)50/h7-16,18-24,26-31,37,40-42,51-56,60-63,74,85-86,90H,17,25,32-36,38-39H2,1-6H3,(H2,73,87)(H,75,96)(H,76,89)(H,77,94)(H,78,92)(H,79,91)(H,80,97)(H,81,88)(H,82,95)(H,83,93)/b8-7+,18-10+,31-28+/t42-,51-,52+,53-,54-,55+,56+,60-,61+,62+,63+/m1/s1. The molecule has 0 spiro atoms. The first kappa shape index (κ1) is 76.4. The van der Waals surface area contributed by atoms with Crippen LogP contribution in [0.1, 0.15) is 101 Å². The minimum absolute atomic E-state index is 0.0164. The second-order valence-electron chi connectivity index (χ2n) is 25.2. The van der Waals surface area contributed by atoms with Gasteiger partial charge >= 0.3 is 5.97 Å². The molecule has 2 aliphatic heterocycles. The van der Waals surface area contributed by atoms with Crippen LogP contribution < -0.4 is 53.6 Å². The van der Waals surface area contributed by atoms with Crippen molar-refractivity contribution in [3.63, 3.8) is 0 Å². The number of aliphatic hydroxyl groups is 2. The van der Waals surface area contributed by atoms with E-state index in [2.05, 4.69) is 52.8 Å². The zero-order valence-electron chi connectivity index (χ0n) is 56.4. The predicted octanol–water partition coefficient (Wildman–Crippen LogP) is 1.20. The first-order chi connectivity index (χ1) is 47.7. The molecular weight excluding hydrogens is 1290 g/mol. The third-order valence-corrected chi connectivity index (χ3v) is 16.8. The van der Waals surface area contributed by atoms with E-state index in [0.29, 0.717) is 33.2 Å². The van der Waals surface area contributed by atoms with Gasteiger partial charge in [0, 0.05) is 42.6 Å². The summed E-state index contributed by atoms with van der Waals surface area (Å²) in [4.78, 5) is 177. The average molecular weight is 1380 g/mol. The number of nitrogens with two attached hydrogens (primary N) is 1. The molecule has 0 saturated carbocycles. The zero-order valence-corrected chi connectivity index (χ0v) is 56.4. The molecule has 532 valence electrons. The van der Waals surface area contributed by atoms with Crippen LogP contribution in [0.3, 0.4) is 0 Å². The van der Waals surface area contributed by atoms with Crippen LogP contribution in [-0.2, 0) is 75.1 Å². The molecule has 100 heavy (non-hydrogen) atoms. The molecule has 0 bridgehead atoms. The summed E-state index contributed by atoms with van der Waals surface area (Å²) in [6.45, 7) is 7.82. The average Bonchev–Trinajstić information content (AvgIpc) is 1.54. The van der Waals surface area contributed by atoms with E-state index in [-0.39, 0.29) is 55.9 Å². The fraction of sp³-hybridized carbons (Fsp3) is 0.389. The summed E-state index contributed by atoms with van der Waals surface area (Å²) >= 11 is 0. The highest BCUT2D eigenvalue weighted by molar-refractivity contribution is 6.01. The van der Waals surface area contributed by atoms with Gasteiger partial charge in [-0.05, 0) is 97.0 Å². The van der Waals surface area contributed by atoms with Gasteiger partial charge in [-0.25, -0.2) is 4.79 Å². The van der Waals surface area contributed by atoms with Crippen molar-refractivity contribution < 1.29 is 77.6 Å². The van der Waals surface area contributed by atoms with Crippen LogP contribution in [0.2, 0.25) is 0 Å². The number of ether oxygens (including phenoxy) is 1. The number of cyclic esters (lactones) is 1. The van der Waals surface area contributed by atoms with Crippen LogP contribution in [0.5, 0.6) is 5.75 Å². The number of nitrogens with one attached hydrogen (secondary N) is 10. The van der Waals surface area contributed by atoms with E-state index in [9.17, 15) is 68.1 Å². The number of carbonyl (C=O) groups is 12. The summed E-state index contributed by atoms with van der Waals surface area (Å²) in [6.07, 6.45) is 6.39. The van der Waals surface area contributed by atoms with Gasteiger partial charge in [0.05, 0.1) is 19.6 Å². The Hall–Kier alpha value is -11.0. The molecule has 15 N–H and O–H groups in total. The van der Waals surface area contributed by atoms with E-state index >= 15 is 4.79 Å². The Morgan fingerprint density at radius 3 is 1.95 bits per heavy atom. The Morgan fingerprint density at radius 2 is 1.28 bits per heavy atom. The number of hydrogen-bond acceptors (Lipinski definition) is 16. The third-order valence-electron chi connectivity index (χ3n) is 16.8. The summed E-state index contributed by atoms with van der Waals surface area (Å²) in [5, 5.41) is 56.5. The number of nitrogens with zero attached hydrogens (tertiary/aromatic N) is 1. The maximum atomic E-state index is 15.0. The second-order valence-corrected chi connectivity index (χ2v) is 25.2. The molecule has 2 aliphatic rings. The van der Waals surface area contributed by atoms with Crippen molar-refractivity contribution in [1.82, 2.24) is 57.7 Å². The Bertz CT molecular complexity index is 3850. The number of aromatic nitrogens is 1. The summed E-state index contributed by atoms with van der Waals surface area (Å²) in [5.74, 6) is -13.5. The van der Waals surface area contributed by atoms with Gasteiger partial charge in [0.25, 0.3) is 0 Å². The maximum absolute atomic E-state index is 15.0. The van der Waals surface area contributed by atoms with E-state index in [4.69, 9.17) is 10.5 Å². The number of primary amides is 1. The van der Waals surface area contributed by atoms with Crippen LogP contribution in [0, 0.1) is 11.8 Å². The summed E-state index contributed by atoms with van der Waals surface area (Å²) in [7, 11) is 0. The summed E-state index contributed by atoms with van der Waals surface area (Å²) < 4.78 is 5.95. The number of aromatic hydroxyl groups is 1. The number of amides is 11. The molecule has 5 aromatic rings. The van der Waals surface area contributed by atoms with E-state index in [1.54, 1.807) is 119 Å². The number of rotatable bonds is 17. The number of allylic oxidation sites excluding steroid dienone is 3. The molecule has 28 nitrogen and oxygen atoms in total. The molecule has 11 atom stereocenters. The first-order valence-electron chi connectivity index (χ1n) is 33.0. The number of fused-ring (bicyclic) bond motifs is 2. The quantitative estimate of drug-likeness (QED) is 0.0353. The van der Waals surface area contributed by atoms with Crippen molar-refractivity contribution in [2.75, 3.05) is 19.7 Å².